The van der Waals surface area contributed by atoms with E-state index in [4.69, 9.17) is 0 Å². The third-order valence-corrected chi connectivity index (χ3v) is 6.17. The normalized spacial score (nSPS) is 15.6. The van der Waals surface area contributed by atoms with Crippen molar-refractivity contribution in [2.24, 2.45) is 0 Å². The van der Waals surface area contributed by atoms with Gasteiger partial charge < -0.3 is 4.90 Å². The van der Waals surface area contributed by atoms with Crippen molar-refractivity contribution >= 4 is 28.6 Å². The number of hydrogen-bond acceptors (Lipinski definition) is 6. The summed E-state index contributed by atoms with van der Waals surface area (Å²) >= 11 is 3.18. The van der Waals surface area contributed by atoms with Gasteiger partial charge >= 0.3 is 0 Å². The molecule has 1 aliphatic heterocycles. The highest BCUT2D eigenvalue weighted by atomic mass is 32.1. The summed E-state index contributed by atoms with van der Waals surface area (Å²) in [6, 6.07) is 3.38. The Morgan fingerprint density at radius 3 is 2.63 bits per heavy atom. The summed E-state index contributed by atoms with van der Waals surface area (Å²) in [4.78, 5) is 27.7. The van der Waals surface area contributed by atoms with E-state index in [2.05, 4.69) is 15.0 Å². The number of nitrogens with zero attached hydrogens (tertiary/aromatic N) is 4. The standard InChI is InChI=1S/C18H16F2N4OS2/c1-10-16(27-11(2)22-10)14-7-26-15(23-14)5-13-4-3-12(6-21-13)17(25)24-8-18(19,20)9-24/h3-4,6-7H,5,8-9H2,1-2H3. The molecule has 9 heteroatoms. The van der Waals surface area contributed by atoms with Gasteiger partial charge in [-0.3, -0.25) is 9.78 Å². The molecule has 0 aliphatic carbocycles. The fourth-order valence-corrected chi connectivity index (χ4v) is 4.67. The number of hydrogen-bond donors (Lipinski definition) is 0. The highest BCUT2D eigenvalue weighted by Gasteiger charge is 2.46. The van der Waals surface area contributed by atoms with Gasteiger partial charge in [-0.15, -0.1) is 22.7 Å². The molecule has 0 unspecified atom stereocenters. The van der Waals surface area contributed by atoms with Crippen LogP contribution in [0.25, 0.3) is 10.6 Å². The summed E-state index contributed by atoms with van der Waals surface area (Å²) in [5.41, 5.74) is 3.00. The summed E-state index contributed by atoms with van der Waals surface area (Å²) in [7, 11) is 0. The summed E-state index contributed by atoms with van der Waals surface area (Å²) in [5.74, 6) is -3.17. The van der Waals surface area contributed by atoms with Crippen LogP contribution in [0.5, 0.6) is 0 Å². The number of likely N-dealkylation sites (tertiary alicyclic amines) is 1. The molecule has 3 aromatic rings. The van der Waals surface area contributed by atoms with E-state index in [-0.39, 0.29) is 0 Å². The monoisotopic (exact) mass is 406 g/mol. The predicted octanol–water partition coefficient (Wildman–Crippen LogP) is 3.96. The van der Waals surface area contributed by atoms with Crippen LogP contribution in [0.15, 0.2) is 23.7 Å². The number of pyridine rings is 1. The molecule has 0 aromatic carbocycles. The van der Waals surface area contributed by atoms with E-state index in [0.29, 0.717) is 12.0 Å². The molecule has 0 radical (unpaired) electrons. The summed E-state index contributed by atoms with van der Waals surface area (Å²) in [6.45, 7) is 2.91. The number of halogens is 2. The SMILES string of the molecule is Cc1nc(C)c(-c2csc(Cc3ccc(C(=O)N4CC(F)(F)C4)cn3)n2)s1. The van der Waals surface area contributed by atoms with Gasteiger partial charge in [0.15, 0.2) is 0 Å². The van der Waals surface area contributed by atoms with Gasteiger partial charge in [0.2, 0.25) is 0 Å². The van der Waals surface area contributed by atoms with E-state index in [1.807, 2.05) is 19.2 Å². The maximum atomic E-state index is 12.9. The maximum absolute atomic E-state index is 12.9. The van der Waals surface area contributed by atoms with Crippen LogP contribution in [0, 0.1) is 13.8 Å². The topological polar surface area (TPSA) is 59.0 Å². The first-order chi connectivity index (χ1) is 12.8. The van der Waals surface area contributed by atoms with Crippen molar-refractivity contribution in [3.05, 3.63) is 50.7 Å². The summed E-state index contributed by atoms with van der Waals surface area (Å²) in [5, 5.41) is 3.94. The highest BCUT2D eigenvalue weighted by molar-refractivity contribution is 7.15. The molecule has 4 heterocycles. The fraction of sp³-hybridized carbons (Fsp3) is 0.333. The van der Waals surface area contributed by atoms with Crippen LogP contribution < -0.4 is 0 Å². The minimum absolute atomic E-state index is 0.324. The van der Waals surface area contributed by atoms with Crippen molar-refractivity contribution in [3.8, 4) is 10.6 Å². The van der Waals surface area contributed by atoms with Gasteiger partial charge in [0, 0.05) is 23.7 Å². The van der Waals surface area contributed by atoms with E-state index in [0.717, 1.165) is 36.9 Å². The molecular weight excluding hydrogens is 390 g/mol. The average Bonchev–Trinajstić information content (AvgIpc) is 3.18. The molecule has 0 atom stereocenters. The number of carbonyl (C=O) groups excluding carboxylic acids is 1. The van der Waals surface area contributed by atoms with Gasteiger partial charge in [-0.2, -0.15) is 0 Å². The van der Waals surface area contributed by atoms with E-state index < -0.39 is 24.9 Å². The van der Waals surface area contributed by atoms with Gasteiger partial charge in [0.25, 0.3) is 11.8 Å². The highest BCUT2D eigenvalue weighted by Crippen LogP contribution is 2.31. The van der Waals surface area contributed by atoms with Crippen LogP contribution in [0.1, 0.15) is 31.8 Å². The number of aryl methyl sites for hydroxylation is 2. The van der Waals surface area contributed by atoms with Crippen LogP contribution in [0.4, 0.5) is 8.78 Å². The zero-order chi connectivity index (χ0) is 19.2. The zero-order valence-corrected chi connectivity index (χ0v) is 16.3. The molecule has 0 N–H and O–H groups in total. The molecule has 140 valence electrons. The minimum Gasteiger partial charge on any atom is -0.326 e. The summed E-state index contributed by atoms with van der Waals surface area (Å²) in [6.07, 6.45) is 2.00. The Kier molecular flexibility index (Phi) is 4.51. The first-order valence-electron chi connectivity index (χ1n) is 8.31. The largest absolute Gasteiger partial charge is 0.326 e. The fourth-order valence-electron chi connectivity index (χ4n) is 2.91. The lowest BCUT2D eigenvalue weighted by Gasteiger charge is -2.38. The predicted molar refractivity (Wildman–Crippen MR) is 101 cm³/mol. The van der Waals surface area contributed by atoms with Crippen molar-refractivity contribution in [2.75, 3.05) is 13.1 Å². The molecular formula is C18H16F2N4OS2. The second-order valence-electron chi connectivity index (χ2n) is 6.51. The molecule has 1 fully saturated rings. The molecule has 3 aromatic heterocycles. The molecule has 1 aliphatic rings. The Balaban J connectivity index is 1.43. The Bertz CT molecular complexity index is 989. The van der Waals surface area contributed by atoms with E-state index in [9.17, 15) is 13.6 Å². The number of alkyl halides is 2. The number of amides is 1. The first kappa shape index (κ1) is 18.1. The summed E-state index contributed by atoms with van der Waals surface area (Å²) < 4.78 is 25.8. The van der Waals surface area contributed by atoms with Crippen LogP contribution in [0.3, 0.4) is 0 Å². The second kappa shape index (κ2) is 6.72. The van der Waals surface area contributed by atoms with Crippen LogP contribution in [-0.2, 0) is 6.42 Å². The van der Waals surface area contributed by atoms with Gasteiger partial charge in [-0.25, -0.2) is 18.7 Å². The van der Waals surface area contributed by atoms with E-state index in [1.165, 1.54) is 6.20 Å². The Labute approximate surface area is 162 Å². The van der Waals surface area contributed by atoms with Gasteiger partial charge in [-0.05, 0) is 26.0 Å². The Morgan fingerprint density at radius 2 is 2.04 bits per heavy atom. The Morgan fingerprint density at radius 1 is 1.26 bits per heavy atom. The molecule has 0 saturated carbocycles. The van der Waals surface area contributed by atoms with Crippen molar-refractivity contribution in [1.29, 1.82) is 0 Å². The van der Waals surface area contributed by atoms with Crippen LogP contribution in [-0.4, -0.2) is 44.8 Å². The van der Waals surface area contributed by atoms with Crippen molar-refractivity contribution in [1.82, 2.24) is 19.9 Å². The number of carbonyl (C=O) groups is 1. The van der Waals surface area contributed by atoms with Crippen molar-refractivity contribution in [2.45, 2.75) is 26.2 Å². The first-order valence-corrected chi connectivity index (χ1v) is 10.0. The van der Waals surface area contributed by atoms with Gasteiger partial charge in [-0.1, -0.05) is 0 Å². The number of thiazole rings is 2. The average molecular weight is 406 g/mol. The lowest BCUT2D eigenvalue weighted by molar-refractivity contribution is -0.113. The minimum atomic E-state index is -2.76. The van der Waals surface area contributed by atoms with E-state index >= 15 is 0 Å². The zero-order valence-electron chi connectivity index (χ0n) is 14.7. The lowest BCUT2D eigenvalue weighted by Crippen LogP contribution is -2.58. The molecule has 1 saturated heterocycles. The van der Waals surface area contributed by atoms with Crippen molar-refractivity contribution < 1.29 is 13.6 Å². The molecule has 0 bridgehead atoms. The Hall–Kier alpha value is -2.26. The lowest BCUT2D eigenvalue weighted by atomic mass is 10.1. The smallest absolute Gasteiger partial charge is 0.282 e. The number of rotatable bonds is 4. The molecule has 27 heavy (non-hydrogen) atoms. The van der Waals surface area contributed by atoms with Crippen LogP contribution in [0.2, 0.25) is 0 Å². The maximum Gasteiger partial charge on any atom is 0.282 e. The van der Waals surface area contributed by atoms with E-state index in [1.54, 1.807) is 34.8 Å². The molecule has 0 spiro atoms. The van der Waals surface area contributed by atoms with Crippen LogP contribution >= 0.6 is 22.7 Å². The second-order valence-corrected chi connectivity index (χ2v) is 8.65. The quantitative estimate of drug-likeness (QED) is 0.658. The molecule has 4 rings (SSSR count). The molecule has 1 amide bonds. The molecule has 5 nitrogen and oxygen atoms in total. The third kappa shape index (κ3) is 3.74. The number of aromatic nitrogens is 3. The van der Waals surface area contributed by atoms with Crippen molar-refractivity contribution in [3.63, 3.8) is 0 Å². The van der Waals surface area contributed by atoms with Gasteiger partial charge in [0.05, 0.1) is 44.9 Å². The van der Waals surface area contributed by atoms with Gasteiger partial charge in [0.1, 0.15) is 0 Å². The third-order valence-electron chi connectivity index (χ3n) is 4.22.